The van der Waals surface area contributed by atoms with E-state index in [9.17, 15) is 4.79 Å². The zero-order valence-electron chi connectivity index (χ0n) is 19.4. The van der Waals surface area contributed by atoms with Crippen molar-refractivity contribution >= 4 is 46.8 Å². The van der Waals surface area contributed by atoms with Crippen LogP contribution in [0.1, 0.15) is 10.4 Å². The Hall–Kier alpha value is -5.04. The average Bonchev–Trinajstić information content (AvgIpc) is 3.35. The topological polar surface area (TPSA) is 172 Å². The van der Waals surface area contributed by atoms with Crippen molar-refractivity contribution in [3.8, 4) is 17.0 Å². The quantitative estimate of drug-likeness (QED) is 0.100. The zero-order valence-corrected chi connectivity index (χ0v) is 20.3. The molecule has 0 saturated heterocycles. The van der Waals surface area contributed by atoms with Crippen molar-refractivity contribution in [1.82, 2.24) is 29.8 Å². The second kappa shape index (κ2) is 10.3. The molecule has 37 heavy (non-hydrogen) atoms. The van der Waals surface area contributed by atoms with E-state index in [4.69, 9.17) is 16.2 Å². The highest BCUT2D eigenvalue weighted by atomic mass is 32.2. The highest BCUT2D eigenvalue weighted by molar-refractivity contribution is 7.98. The van der Waals surface area contributed by atoms with Crippen LogP contribution in [0.5, 0.6) is 5.75 Å². The number of hydrogen-bond donors (Lipinski definition) is 3. The smallest absolute Gasteiger partial charge is 0.348 e. The monoisotopic (exact) mass is 512 g/mol. The molecule has 3 aromatic heterocycles. The van der Waals surface area contributed by atoms with Gasteiger partial charge < -0.3 is 21.5 Å². The highest BCUT2D eigenvalue weighted by Crippen LogP contribution is 2.26. The van der Waals surface area contributed by atoms with E-state index in [0.29, 0.717) is 22.4 Å². The van der Waals surface area contributed by atoms with Crippen LogP contribution in [-0.2, 0) is 0 Å². The Bertz CT molecular complexity index is 1600. The fraction of sp³-hybridized carbons (Fsp3) is 0.0417. The number of esters is 1. The van der Waals surface area contributed by atoms with Gasteiger partial charge in [0.2, 0.25) is 5.16 Å². The Morgan fingerprint density at radius 1 is 1.05 bits per heavy atom. The lowest BCUT2D eigenvalue weighted by molar-refractivity contribution is 0.0736. The molecular formula is C24H20N10O2S. The number of ether oxygens (including phenoxy) is 1. The summed E-state index contributed by atoms with van der Waals surface area (Å²) in [6.07, 6.45) is 3.13. The lowest BCUT2D eigenvalue weighted by Crippen LogP contribution is -2.23. The Balaban J connectivity index is 1.33. The van der Waals surface area contributed by atoms with Crippen LogP contribution in [0.3, 0.4) is 0 Å². The molecule has 5 rings (SSSR count). The molecular weight excluding hydrogens is 492 g/mol. The molecule has 0 bridgehead atoms. The molecule has 0 saturated carbocycles. The number of fused-ring (bicyclic) bond motifs is 1. The summed E-state index contributed by atoms with van der Waals surface area (Å²) < 4.78 is 6.88. The maximum Gasteiger partial charge on any atom is 0.348 e. The number of guanidine groups is 1. The van der Waals surface area contributed by atoms with Gasteiger partial charge in [-0.1, -0.05) is 54.2 Å². The maximum atomic E-state index is 12.9. The number of carbonyl (C=O) groups excluding carboxylic acids is 1. The van der Waals surface area contributed by atoms with Gasteiger partial charge in [0.05, 0.1) is 11.4 Å². The van der Waals surface area contributed by atoms with Crippen LogP contribution >= 0.6 is 11.8 Å². The number of rotatable bonds is 6. The summed E-state index contributed by atoms with van der Waals surface area (Å²) >= 11 is 1.33. The Labute approximate surface area is 214 Å². The molecule has 2 aromatic carbocycles. The third-order valence-electron chi connectivity index (χ3n) is 5.09. The van der Waals surface area contributed by atoms with Crippen LogP contribution in [0.15, 0.2) is 83.1 Å². The Kier molecular flexibility index (Phi) is 6.59. The number of para-hydroxylation sites is 2. The lowest BCUT2D eigenvalue weighted by Gasteiger charge is -2.12. The van der Waals surface area contributed by atoms with Crippen LogP contribution in [0.25, 0.3) is 17.0 Å². The van der Waals surface area contributed by atoms with Crippen LogP contribution in [0.4, 0.5) is 17.3 Å². The predicted octanol–water partition coefficient (Wildman–Crippen LogP) is 3.16. The number of thioether (sulfide) groups is 1. The standard InChI is InChI=1S/C24H20N10O2S/c1-37-24-30-23-27-13-15(20(25)34(23)33-24)21(35)36-18-10-6-5-9-17(18)28-22(26)29-19-12-11-16(31-32-19)14-7-3-2-4-8-14/h2-13H,25H2,1H3,(H3,26,28,29,32). The molecule has 184 valence electrons. The number of carbonyl (C=O) groups is 1. The van der Waals surface area contributed by atoms with E-state index in [0.717, 1.165) is 5.56 Å². The van der Waals surface area contributed by atoms with Crippen LogP contribution in [0, 0.1) is 0 Å². The van der Waals surface area contributed by atoms with E-state index in [1.54, 1.807) is 36.4 Å². The van der Waals surface area contributed by atoms with Gasteiger partial charge in [-0.25, -0.2) is 9.78 Å². The van der Waals surface area contributed by atoms with Crippen molar-refractivity contribution in [2.24, 2.45) is 10.7 Å². The van der Waals surface area contributed by atoms with E-state index in [2.05, 4.69) is 35.6 Å². The molecule has 5 N–H and O–H groups in total. The fourth-order valence-corrected chi connectivity index (χ4v) is 3.66. The minimum atomic E-state index is -0.722. The van der Waals surface area contributed by atoms with Crippen LogP contribution in [0.2, 0.25) is 0 Å². The summed E-state index contributed by atoms with van der Waals surface area (Å²) in [6, 6.07) is 19.9. The summed E-state index contributed by atoms with van der Waals surface area (Å²) in [4.78, 5) is 25.5. The van der Waals surface area contributed by atoms with Gasteiger partial charge in [0, 0.05) is 11.8 Å². The molecule has 0 atom stereocenters. The molecule has 12 nitrogen and oxygen atoms in total. The normalized spacial score (nSPS) is 11.4. The first-order valence-corrected chi connectivity index (χ1v) is 12.1. The van der Waals surface area contributed by atoms with E-state index in [1.807, 2.05) is 36.6 Å². The van der Waals surface area contributed by atoms with Crippen LogP contribution in [-0.4, -0.2) is 48.0 Å². The highest BCUT2D eigenvalue weighted by Gasteiger charge is 2.19. The first-order valence-electron chi connectivity index (χ1n) is 10.9. The van der Waals surface area contributed by atoms with Crippen molar-refractivity contribution < 1.29 is 9.53 Å². The van der Waals surface area contributed by atoms with Gasteiger partial charge in [0.1, 0.15) is 11.4 Å². The van der Waals surface area contributed by atoms with Crippen molar-refractivity contribution in [3.63, 3.8) is 0 Å². The fourth-order valence-electron chi connectivity index (χ4n) is 3.33. The van der Waals surface area contributed by atoms with Crippen LogP contribution < -0.4 is 21.5 Å². The van der Waals surface area contributed by atoms with Crippen molar-refractivity contribution in [2.75, 3.05) is 17.3 Å². The molecule has 0 aliphatic carbocycles. The molecule has 13 heteroatoms. The van der Waals surface area contributed by atoms with Gasteiger partial charge in [-0.05, 0) is 30.5 Å². The largest absolute Gasteiger partial charge is 0.421 e. The van der Waals surface area contributed by atoms with E-state index in [-0.39, 0.29) is 28.9 Å². The minimum absolute atomic E-state index is 0.0278. The molecule has 0 radical (unpaired) electrons. The van der Waals surface area contributed by atoms with Gasteiger partial charge >= 0.3 is 5.97 Å². The number of anilines is 2. The number of aromatic nitrogens is 6. The summed E-state index contributed by atoms with van der Waals surface area (Å²) in [5.74, 6) is 0.166. The lowest BCUT2D eigenvalue weighted by atomic mass is 10.1. The average molecular weight is 513 g/mol. The van der Waals surface area contributed by atoms with E-state index >= 15 is 0 Å². The number of hydrogen-bond acceptors (Lipinski definition) is 10. The summed E-state index contributed by atoms with van der Waals surface area (Å²) in [5.41, 5.74) is 14.3. The first kappa shape index (κ1) is 23.7. The van der Waals surface area contributed by atoms with Gasteiger partial charge in [-0.15, -0.1) is 15.3 Å². The predicted molar refractivity (Wildman–Crippen MR) is 141 cm³/mol. The third-order valence-corrected chi connectivity index (χ3v) is 5.63. The summed E-state index contributed by atoms with van der Waals surface area (Å²) in [6.45, 7) is 0. The number of aliphatic imine (C=N–C) groups is 1. The second-order valence-corrected chi connectivity index (χ2v) is 8.29. The minimum Gasteiger partial charge on any atom is -0.421 e. The molecule has 0 amide bonds. The van der Waals surface area contributed by atoms with Crippen molar-refractivity contribution in [2.45, 2.75) is 5.16 Å². The molecule has 3 heterocycles. The Morgan fingerprint density at radius 2 is 1.84 bits per heavy atom. The number of nitrogens with zero attached hydrogens (tertiary/aromatic N) is 7. The summed E-state index contributed by atoms with van der Waals surface area (Å²) in [5, 5.41) is 15.9. The molecule has 0 aliphatic rings. The molecule has 0 unspecified atom stereocenters. The number of nitrogen functional groups attached to an aromatic ring is 1. The van der Waals surface area contributed by atoms with Gasteiger partial charge in [-0.2, -0.15) is 14.5 Å². The molecule has 5 aromatic rings. The molecule has 0 fully saturated rings. The van der Waals surface area contributed by atoms with E-state index in [1.165, 1.54) is 22.5 Å². The second-order valence-electron chi connectivity index (χ2n) is 7.52. The first-order chi connectivity index (χ1) is 18.0. The Morgan fingerprint density at radius 3 is 2.59 bits per heavy atom. The van der Waals surface area contributed by atoms with Gasteiger partial charge in [-0.3, -0.25) is 0 Å². The number of benzene rings is 2. The number of nitrogens with one attached hydrogen (secondary N) is 1. The maximum absolute atomic E-state index is 12.9. The van der Waals surface area contributed by atoms with Gasteiger partial charge in [0.25, 0.3) is 5.78 Å². The molecule has 0 aliphatic heterocycles. The SMILES string of the molecule is CSc1nc2ncc(C(=O)Oc3ccccc3NC(N)=Nc3ccc(-c4ccccc4)nn3)c(N)n2n1. The van der Waals surface area contributed by atoms with Crippen molar-refractivity contribution in [3.05, 3.63) is 78.5 Å². The zero-order chi connectivity index (χ0) is 25.8. The summed E-state index contributed by atoms with van der Waals surface area (Å²) in [7, 11) is 0. The van der Waals surface area contributed by atoms with E-state index < -0.39 is 5.97 Å². The molecule has 0 spiro atoms. The van der Waals surface area contributed by atoms with Crippen molar-refractivity contribution in [1.29, 1.82) is 0 Å². The van der Waals surface area contributed by atoms with Gasteiger partial charge in [0.15, 0.2) is 17.5 Å². The number of nitrogens with two attached hydrogens (primary N) is 2. The third kappa shape index (κ3) is 5.16.